The molecule has 6 nitrogen and oxygen atoms in total. The summed E-state index contributed by atoms with van der Waals surface area (Å²) in [5.74, 6) is 0.612. The van der Waals surface area contributed by atoms with Crippen molar-refractivity contribution in [1.82, 2.24) is 15.2 Å². The van der Waals surface area contributed by atoms with Crippen LogP contribution in [0.25, 0.3) is 0 Å². The Morgan fingerprint density at radius 1 is 1.43 bits per heavy atom. The van der Waals surface area contributed by atoms with Gasteiger partial charge in [-0.3, -0.25) is 0 Å². The summed E-state index contributed by atoms with van der Waals surface area (Å²) in [4.78, 5) is 18.2. The zero-order valence-electron chi connectivity index (χ0n) is 14.5. The van der Waals surface area contributed by atoms with Crippen LogP contribution in [0.5, 0.6) is 5.88 Å². The Balaban J connectivity index is 1.80. The maximum absolute atomic E-state index is 12.2. The Hall–Kier alpha value is -1.82. The molecule has 1 aliphatic heterocycles. The van der Waals surface area contributed by atoms with Crippen LogP contribution in [0, 0.1) is 0 Å². The molecule has 6 heteroatoms. The van der Waals surface area contributed by atoms with Gasteiger partial charge in [-0.05, 0) is 39.2 Å². The lowest BCUT2D eigenvalue weighted by Crippen LogP contribution is -2.44. The summed E-state index contributed by atoms with van der Waals surface area (Å²) >= 11 is 0. The molecular formula is C17H27N3O3. The lowest BCUT2D eigenvalue weighted by Gasteiger charge is -2.28. The van der Waals surface area contributed by atoms with Gasteiger partial charge in [0.05, 0.1) is 7.11 Å². The van der Waals surface area contributed by atoms with Crippen molar-refractivity contribution in [2.45, 2.75) is 51.8 Å². The van der Waals surface area contributed by atoms with Gasteiger partial charge in [0.15, 0.2) is 0 Å². The summed E-state index contributed by atoms with van der Waals surface area (Å²) in [5, 5.41) is 3.40. The first-order valence-electron chi connectivity index (χ1n) is 8.08. The van der Waals surface area contributed by atoms with Crippen LogP contribution >= 0.6 is 0 Å². The molecule has 0 aromatic carbocycles. The van der Waals surface area contributed by atoms with E-state index in [4.69, 9.17) is 9.47 Å². The van der Waals surface area contributed by atoms with Gasteiger partial charge in [-0.25, -0.2) is 9.78 Å². The molecule has 0 saturated carbocycles. The first kappa shape index (κ1) is 17.5. The lowest BCUT2D eigenvalue weighted by molar-refractivity contribution is 0.0226. The molecule has 1 saturated heterocycles. The predicted molar refractivity (Wildman–Crippen MR) is 88.5 cm³/mol. The van der Waals surface area contributed by atoms with Gasteiger partial charge in [0.2, 0.25) is 5.88 Å². The van der Waals surface area contributed by atoms with E-state index in [1.165, 1.54) is 0 Å². The number of hydrogen-bond acceptors (Lipinski definition) is 5. The summed E-state index contributed by atoms with van der Waals surface area (Å²) in [6.07, 6.45) is 3.61. The second-order valence-electron chi connectivity index (χ2n) is 6.81. The third-order valence-corrected chi connectivity index (χ3v) is 3.72. The molecule has 1 aromatic rings. The van der Waals surface area contributed by atoms with E-state index in [9.17, 15) is 4.79 Å². The minimum Gasteiger partial charge on any atom is -0.481 e. The SMILES string of the molecule is COc1ccc(CNCC2CCCN2C(=O)OC(C)(C)C)cn1. The van der Waals surface area contributed by atoms with Gasteiger partial charge in [-0.15, -0.1) is 0 Å². The molecule has 1 atom stereocenters. The topological polar surface area (TPSA) is 63.7 Å². The molecule has 1 unspecified atom stereocenters. The van der Waals surface area contributed by atoms with Crippen molar-refractivity contribution >= 4 is 6.09 Å². The largest absolute Gasteiger partial charge is 0.481 e. The van der Waals surface area contributed by atoms with Gasteiger partial charge in [0.25, 0.3) is 0 Å². The van der Waals surface area contributed by atoms with E-state index in [0.717, 1.165) is 38.0 Å². The molecule has 0 radical (unpaired) electrons. The van der Waals surface area contributed by atoms with E-state index in [2.05, 4.69) is 10.3 Å². The highest BCUT2D eigenvalue weighted by Crippen LogP contribution is 2.20. The third-order valence-electron chi connectivity index (χ3n) is 3.72. The molecule has 0 aliphatic carbocycles. The summed E-state index contributed by atoms with van der Waals surface area (Å²) in [7, 11) is 1.60. The summed E-state index contributed by atoms with van der Waals surface area (Å²) in [5.41, 5.74) is 0.638. The maximum Gasteiger partial charge on any atom is 0.410 e. The molecule has 2 rings (SSSR count). The number of hydrogen-bond donors (Lipinski definition) is 1. The van der Waals surface area contributed by atoms with Crippen LogP contribution in [0.3, 0.4) is 0 Å². The van der Waals surface area contributed by atoms with Gasteiger partial charge in [-0.2, -0.15) is 0 Å². The monoisotopic (exact) mass is 321 g/mol. The van der Waals surface area contributed by atoms with Crippen molar-refractivity contribution in [3.63, 3.8) is 0 Å². The number of aromatic nitrogens is 1. The highest BCUT2D eigenvalue weighted by molar-refractivity contribution is 5.69. The van der Waals surface area contributed by atoms with E-state index in [-0.39, 0.29) is 12.1 Å². The Morgan fingerprint density at radius 3 is 2.83 bits per heavy atom. The first-order valence-corrected chi connectivity index (χ1v) is 8.08. The smallest absolute Gasteiger partial charge is 0.410 e. The molecule has 1 aromatic heterocycles. The third kappa shape index (κ3) is 5.39. The first-order chi connectivity index (χ1) is 10.9. The number of nitrogens with one attached hydrogen (secondary N) is 1. The number of likely N-dealkylation sites (tertiary alicyclic amines) is 1. The minimum absolute atomic E-state index is 0.191. The van der Waals surface area contributed by atoms with Crippen molar-refractivity contribution in [2.24, 2.45) is 0 Å². The number of ether oxygens (including phenoxy) is 2. The Labute approximate surface area is 138 Å². The van der Waals surface area contributed by atoms with E-state index in [1.54, 1.807) is 13.3 Å². The summed E-state index contributed by atoms with van der Waals surface area (Å²) in [6.45, 7) is 7.92. The van der Waals surface area contributed by atoms with Crippen LogP contribution in [-0.2, 0) is 11.3 Å². The van der Waals surface area contributed by atoms with E-state index < -0.39 is 5.60 Å². The standard InChI is InChI=1S/C17H27N3O3/c1-17(2,3)23-16(21)20-9-5-6-14(20)12-18-10-13-7-8-15(22-4)19-11-13/h7-8,11,14,18H,5-6,9-10,12H2,1-4H3. The number of carbonyl (C=O) groups is 1. The van der Waals surface area contributed by atoms with Gasteiger partial charge < -0.3 is 19.7 Å². The Kier molecular flexibility index (Phi) is 5.82. The number of nitrogens with zero attached hydrogens (tertiary/aromatic N) is 2. The van der Waals surface area contributed by atoms with Crippen molar-refractivity contribution in [2.75, 3.05) is 20.2 Å². The number of pyridine rings is 1. The predicted octanol–water partition coefficient (Wildman–Crippen LogP) is 2.58. The van der Waals surface area contributed by atoms with Gasteiger partial charge >= 0.3 is 6.09 Å². The van der Waals surface area contributed by atoms with Crippen LogP contribution in [0.1, 0.15) is 39.2 Å². The van der Waals surface area contributed by atoms with E-state index >= 15 is 0 Å². The second-order valence-corrected chi connectivity index (χ2v) is 6.81. The van der Waals surface area contributed by atoms with Crippen LogP contribution in [0.15, 0.2) is 18.3 Å². The van der Waals surface area contributed by atoms with Crippen LogP contribution in [0.4, 0.5) is 4.79 Å². The summed E-state index contributed by atoms with van der Waals surface area (Å²) in [6, 6.07) is 4.02. The number of rotatable bonds is 5. The Morgan fingerprint density at radius 2 is 2.22 bits per heavy atom. The molecule has 2 heterocycles. The quantitative estimate of drug-likeness (QED) is 0.903. The average Bonchev–Trinajstić information content (AvgIpc) is 2.95. The molecule has 128 valence electrons. The van der Waals surface area contributed by atoms with Crippen molar-refractivity contribution in [1.29, 1.82) is 0 Å². The molecular weight excluding hydrogens is 294 g/mol. The van der Waals surface area contributed by atoms with E-state index in [1.807, 2.05) is 37.8 Å². The lowest BCUT2D eigenvalue weighted by atomic mass is 10.2. The molecule has 0 bridgehead atoms. The zero-order valence-corrected chi connectivity index (χ0v) is 14.5. The summed E-state index contributed by atoms with van der Waals surface area (Å²) < 4.78 is 10.5. The highest BCUT2D eigenvalue weighted by Gasteiger charge is 2.31. The minimum atomic E-state index is -0.452. The van der Waals surface area contributed by atoms with Crippen molar-refractivity contribution in [3.8, 4) is 5.88 Å². The molecule has 1 amide bonds. The maximum atomic E-state index is 12.2. The zero-order chi connectivity index (χ0) is 16.9. The fraction of sp³-hybridized carbons (Fsp3) is 0.647. The normalized spacial score (nSPS) is 18.1. The molecule has 1 aliphatic rings. The average molecular weight is 321 g/mol. The van der Waals surface area contributed by atoms with Gasteiger partial charge in [-0.1, -0.05) is 6.07 Å². The molecule has 23 heavy (non-hydrogen) atoms. The van der Waals surface area contributed by atoms with E-state index in [0.29, 0.717) is 5.88 Å². The Bertz CT molecular complexity index is 511. The number of methoxy groups -OCH3 is 1. The second kappa shape index (κ2) is 7.64. The fourth-order valence-electron chi connectivity index (χ4n) is 2.63. The van der Waals surface area contributed by atoms with Gasteiger partial charge in [0, 0.05) is 37.9 Å². The van der Waals surface area contributed by atoms with Gasteiger partial charge in [0.1, 0.15) is 5.60 Å². The van der Waals surface area contributed by atoms with Crippen LogP contribution in [-0.4, -0.2) is 47.8 Å². The molecule has 1 N–H and O–H groups in total. The van der Waals surface area contributed by atoms with Crippen LogP contribution in [0.2, 0.25) is 0 Å². The highest BCUT2D eigenvalue weighted by atomic mass is 16.6. The van der Waals surface area contributed by atoms with Crippen molar-refractivity contribution in [3.05, 3.63) is 23.9 Å². The van der Waals surface area contributed by atoms with Crippen LogP contribution < -0.4 is 10.1 Å². The number of amides is 1. The molecule has 0 spiro atoms. The molecule has 1 fully saturated rings. The van der Waals surface area contributed by atoms with Crippen molar-refractivity contribution < 1.29 is 14.3 Å². The fourth-order valence-corrected chi connectivity index (χ4v) is 2.63. The number of carbonyl (C=O) groups excluding carboxylic acids is 1.